The molecule has 106 valence electrons. The molecule has 1 aliphatic heterocycles. The van der Waals surface area contributed by atoms with Crippen molar-refractivity contribution < 1.29 is 12.8 Å². The Kier molecular flexibility index (Phi) is 4.18. The van der Waals surface area contributed by atoms with E-state index in [0.717, 1.165) is 6.20 Å². The van der Waals surface area contributed by atoms with Crippen LogP contribution >= 0.6 is 0 Å². The lowest BCUT2D eigenvalue weighted by Gasteiger charge is -2.12. The number of anilines is 2. The molecule has 8 heteroatoms. The quantitative estimate of drug-likeness (QED) is 0.842. The van der Waals surface area contributed by atoms with Gasteiger partial charge in [-0.05, 0) is 19.8 Å². The van der Waals surface area contributed by atoms with E-state index in [1.54, 1.807) is 0 Å². The molecule has 1 aliphatic rings. The zero-order valence-electron chi connectivity index (χ0n) is 10.7. The highest BCUT2D eigenvalue weighted by Gasteiger charge is 2.31. The van der Waals surface area contributed by atoms with Gasteiger partial charge < -0.3 is 10.6 Å². The van der Waals surface area contributed by atoms with Crippen LogP contribution in [-0.2, 0) is 9.84 Å². The largest absolute Gasteiger partial charge is 0.366 e. The van der Waals surface area contributed by atoms with Gasteiger partial charge in [0, 0.05) is 13.1 Å². The molecule has 1 unspecified atom stereocenters. The number of hydrogen-bond donors (Lipinski definition) is 2. The van der Waals surface area contributed by atoms with E-state index in [0.29, 0.717) is 25.3 Å². The van der Waals surface area contributed by atoms with Gasteiger partial charge in [-0.3, -0.25) is 0 Å². The predicted molar refractivity (Wildman–Crippen MR) is 71.5 cm³/mol. The summed E-state index contributed by atoms with van der Waals surface area (Å²) in [5.74, 6) is -0.0143. The topological polar surface area (TPSA) is 84.0 Å². The first-order valence-electron chi connectivity index (χ1n) is 6.25. The maximum Gasteiger partial charge on any atom is 0.224 e. The van der Waals surface area contributed by atoms with Crippen LogP contribution in [-0.4, -0.2) is 42.5 Å². The molecule has 0 radical (unpaired) electrons. The first-order valence-corrected chi connectivity index (χ1v) is 7.96. The van der Waals surface area contributed by atoms with E-state index in [-0.39, 0.29) is 18.1 Å². The average molecular weight is 288 g/mol. The minimum atomic E-state index is -3.03. The first-order chi connectivity index (χ1) is 9.03. The zero-order valence-corrected chi connectivity index (χ0v) is 11.5. The molecule has 0 amide bonds. The molecular formula is C11H17FN4O2S. The van der Waals surface area contributed by atoms with Crippen LogP contribution in [0.4, 0.5) is 16.2 Å². The lowest BCUT2D eigenvalue weighted by molar-refractivity contribution is 0.589. The van der Waals surface area contributed by atoms with Crippen molar-refractivity contribution in [2.45, 2.75) is 25.0 Å². The summed E-state index contributed by atoms with van der Waals surface area (Å²) in [6, 6.07) is 0. The SMILES string of the molecule is CCNc1ncc(F)c(NCC2CCCS2(=O)=O)n1. The van der Waals surface area contributed by atoms with Crippen LogP contribution in [0.25, 0.3) is 0 Å². The number of nitrogens with zero attached hydrogens (tertiary/aromatic N) is 2. The summed E-state index contributed by atoms with van der Waals surface area (Å²) in [5.41, 5.74) is 0. The second-order valence-electron chi connectivity index (χ2n) is 4.43. The van der Waals surface area contributed by atoms with Crippen LogP contribution in [0.5, 0.6) is 0 Å². The number of rotatable bonds is 5. The van der Waals surface area contributed by atoms with Gasteiger partial charge in [0.25, 0.3) is 0 Å². The van der Waals surface area contributed by atoms with Gasteiger partial charge in [-0.25, -0.2) is 17.8 Å². The molecule has 1 aromatic rings. The van der Waals surface area contributed by atoms with E-state index in [1.807, 2.05) is 6.92 Å². The summed E-state index contributed by atoms with van der Waals surface area (Å²) in [7, 11) is -3.03. The Morgan fingerprint density at radius 3 is 2.89 bits per heavy atom. The molecule has 6 nitrogen and oxygen atoms in total. The molecule has 0 bridgehead atoms. The Hall–Kier alpha value is -1.44. The van der Waals surface area contributed by atoms with Crippen molar-refractivity contribution in [1.29, 1.82) is 0 Å². The average Bonchev–Trinajstić information content (AvgIpc) is 2.69. The van der Waals surface area contributed by atoms with Crippen molar-refractivity contribution >= 4 is 21.6 Å². The molecule has 2 rings (SSSR count). The second kappa shape index (κ2) is 5.68. The number of nitrogens with one attached hydrogen (secondary N) is 2. The number of sulfone groups is 1. The highest BCUT2D eigenvalue weighted by Crippen LogP contribution is 2.21. The summed E-state index contributed by atoms with van der Waals surface area (Å²) < 4.78 is 36.8. The Balaban J connectivity index is 2.04. The van der Waals surface area contributed by atoms with E-state index in [2.05, 4.69) is 20.6 Å². The van der Waals surface area contributed by atoms with Crippen molar-refractivity contribution in [3.05, 3.63) is 12.0 Å². The van der Waals surface area contributed by atoms with E-state index in [1.165, 1.54) is 0 Å². The number of hydrogen-bond acceptors (Lipinski definition) is 6. The van der Waals surface area contributed by atoms with Gasteiger partial charge in [0.05, 0.1) is 17.2 Å². The minimum Gasteiger partial charge on any atom is -0.366 e. The summed E-state index contributed by atoms with van der Waals surface area (Å²) in [6.45, 7) is 2.69. The third-order valence-corrected chi connectivity index (χ3v) is 5.31. The fourth-order valence-corrected chi connectivity index (χ4v) is 3.80. The van der Waals surface area contributed by atoms with Crippen LogP contribution in [0.3, 0.4) is 0 Å². The van der Waals surface area contributed by atoms with Crippen LogP contribution < -0.4 is 10.6 Å². The highest BCUT2D eigenvalue weighted by molar-refractivity contribution is 7.92. The van der Waals surface area contributed by atoms with Crippen molar-refractivity contribution in [2.24, 2.45) is 0 Å². The Morgan fingerprint density at radius 1 is 1.47 bits per heavy atom. The maximum atomic E-state index is 13.5. The summed E-state index contributed by atoms with van der Waals surface area (Å²) >= 11 is 0. The summed E-state index contributed by atoms with van der Waals surface area (Å²) in [4.78, 5) is 7.75. The molecule has 19 heavy (non-hydrogen) atoms. The smallest absolute Gasteiger partial charge is 0.224 e. The van der Waals surface area contributed by atoms with E-state index in [9.17, 15) is 12.8 Å². The normalized spacial score (nSPS) is 21.3. The molecule has 1 fully saturated rings. The second-order valence-corrected chi connectivity index (χ2v) is 6.83. The first kappa shape index (κ1) is 14.0. The fraction of sp³-hybridized carbons (Fsp3) is 0.636. The molecule has 0 saturated carbocycles. The Morgan fingerprint density at radius 2 is 2.26 bits per heavy atom. The van der Waals surface area contributed by atoms with Crippen LogP contribution in [0.2, 0.25) is 0 Å². The molecule has 1 aromatic heterocycles. The Bertz CT molecular complexity index is 550. The highest BCUT2D eigenvalue weighted by atomic mass is 32.2. The molecule has 0 spiro atoms. The van der Waals surface area contributed by atoms with E-state index >= 15 is 0 Å². The van der Waals surface area contributed by atoms with Gasteiger partial charge in [0.1, 0.15) is 0 Å². The van der Waals surface area contributed by atoms with E-state index < -0.39 is 20.9 Å². The van der Waals surface area contributed by atoms with Gasteiger partial charge in [-0.15, -0.1) is 0 Å². The summed E-state index contributed by atoms with van der Waals surface area (Å²) in [5, 5.41) is 5.18. The zero-order chi connectivity index (χ0) is 13.9. The van der Waals surface area contributed by atoms with Crippen molar-refractivity contribution in [1.82, 2.24) is 9.97 Å². The molecule has 0 aromatic carbocycles. The molecule has 2 N–H and O–H groups in total. The van der Waals surface area contributed by atoms with Crippen molar-refractivity contribution in [3.8, 4) is 0 Å². The van der Waals surface area contributed by atoms with Gasteiger partial charge in [-0.1, -0.05) is 0 Å². The molecule has 1 saturated heterocycles. The van der Waals surface area contributed by atoms with Gasteiger partial charge in [0.15, 0.2) is 21.5 Å². The lowest BCUT2D eigenvalue weighted by Crippen LogP contribution is -2.25. The van der Waals surface area contributed by atoms with Gasteiger partial charge in [-0.2, -0.15) is 4.98 Å². The van der Waals surface area contributed by atoms with Crippen molar-refractivity contribution in [3.63, 3.8) is 0 Å². The number of halogens is 1. The van der Waals surface area contributed by atoms with Gasteiger partial charge in [0.2, 0.25) is 5.95 Å². The predicted octanol–water partition coefficient (Wildman–Crippen LogP) is 1.04. The molecule has 1 atom stereocenters. The lowest BCUT2D eigenvalue weighted by atomic mass is 10.2. The van der Waals surface area contributed by atoms with Crippen LogP contribution in [0.1, 0.15) is 19.8 Å². The Labute approximate surface area is 111 Å². The molecule has 2 heterocycles. The monoisotopic (exact) mass is 288 g/mol. The maximum absolute atomic E-state index is 13.5. The summed E-state index contributed by atoms with van der Waals surface area (Å²) in [6.07, 6.45) is 2.35. The van der Waals surface area contributed by atoms with E-state index in [4.69, 9.17) is 0 Å². The number of aromatic nitrogens is 2. The molecule has 0 aliphatic carbocycles. The third kappa shape index (κ3) is 3.31. The minimum absolute atomic E-state index is 0.0352. The van der Waals surface area contributed by atoms with Crippen molar-refractivity contribution in [2.75, 3.05) is 29.5 Å². The standard InChI is InChI=1S/C11H17FN4O2S/c1-2-13-11-15-7-9(12)10(16-11)14-6-8-4-3-5-19(8,17)18/h7-8H,2-6H2,1H3,(H2,13,14,15,16). The third-order valence-electron chi connectivity index (χ3n) is 3.04. The van der Waals surface area contributed by atoms with Crippen LogP contribution in [0.15, 0.2) is 6.20 Å². The fourth-order valence-electron chi connectivity index (χ4n) is 2.03. The van der Waals surface area contributed by atoms with Gasteiger partial charge >= 0.3 is 0 Å². The molecular weight excluding hydrogens is 271 g/mol. The van der Waals surface area contributed by atoms with Crippen LogP contribution in [0, 0.1) is 5.82 Å².